The maximum atomic E-state index is 13.7. The molecule has 0 aliphatic carbocycles. The van der Waals surface area contributed by atoms with Crippen molar-refractivity contribution in [1.29, 1.82) is 0 Å². The lowest BCUT2D eigenvalue weighted by atomic mass is 9.81. The largest absolute Gasteiger partial charge is 0.467 e. The standard InChI is InChI=1S/C23H21N3O6/c1-12(21(30)32-2)25-20(29)17(26-18(27)13-7-3-4-8-14(13)19(26)28)11-23(31)15-9-5-6-10-16(15)24-22(23)25/h3-10,12,17,22,24,31H,11H2,1-2H3/t12-,17+,22+,23-/m0/s1. The Morgan fingerprint density at radius 3 is 2.31 bits per heavy atom. The SMILES string of the molecule is COC(=O)[C@H](C)N1C(=O)[C@H](N2C(=O)c3ccccc3C2=O)C[C@]2(O)c3ccccc3N[C@H]12. The molecule has 2 N–H and O–H groups in total. The summed E-state index contributed by atoms with van der Waals surface area (Å²) in [5.41, 5.74) is -0.0832. The number of piperidine rings is 1. The lowest BCUT2D eigenvalue weighted by Crippen LogP contribution is -2.69. The number of methoxy groups -OCH3 is 1. The van der Waals surface area contributed by atoms with Crippen molar-refractivity contribution in [3.8, 4) is 0 Å². The van der Waals surface area contributed by atoms with Crippen molar-refractivity contribution >= 4 is 29.4 Å². The number of carbonyl (C=O) groups excluding carboxylic acids is 4. The minimum atomic E-state index is -1.63. The van der Waals surface area contributed by atoms with E-state index in [1.165, 1.54) is 31.1 Å². The third-order valence-corrected chi connectivity index (χ3v) is 6.56. The second-order valence-corrected chi connectivity index (χ2v) is 8.21. The van der Waals surface area contributed by atoms with Crippen LogP contribution in [0.3, 0.4) is 0 Å². The van der Waals surface area contributed by atoms with Crippen LogP contribution in [-0.2, 0) is 19.9 Å². The minimum Gasteiger partial charge on any atom is -0.467 e. The first-order chi connectivity index (χ1) is 15.3. The van der Waals surface area contributed by atoms with E-state index < -0.39 is 47.5 Å². The molecule has 9 nitrogen and oxygen atoms in total. The highest BCUT2D eigenvalue weighted by atomic mass is 16.5. The van der Waals surface area contributed by atoms with Crippen molar-refractivity contribution in [2.24, 2.45) is 0 Å². The zero-order valence-corrected chi connectivity index (χ0v) is 17.4. The lowest BCUT2D eigenvalue weighted by molar-refractivity contribution is -0.170. The van der Waals surface area contributed by atoms with Gasteiger partial charge in [0.05, 0.1) is 18.2 Å². The highest BCUT2D eigenvalue weighted by molar-refractivity contribution is 6.23. The number of carbonyl (C=O) groups is 4. The first-order valence-electron chi connectivity index (χ1n) is 10.2. The number of amides is 3. The van der Waals surface area contributed by atoms with Crippen LogP contribution in [0.5, 0.6) is 0 Å². The maximum Gasteiger partial charge on any atom is 0.328 e. The number of hydrogen-bond donors (Lipinski definition) is 2. The number of benzene rings is 2. The molecular weight excluding hydrogens is 414 g/mol. The Morgan fingerprint density at radius 2 is 1.69 bits per heavy atom. The fourth-order valence-corrected chi connectivity index (χ4v) is 4.99. The normalized spacial score (nSPS) is 26.9. The van der Waals surface area contributed by atoms with E-state index in [1.807, 2.05) is 0 Å². The van der Waals surface area contributed by atoms with Gasteiger partial charge in [-0.1, -0.05) is 30.3 Å². The number of anilines is 1. The van der Waals surface area contributed by atoms with Gasteiger partial charge in [-0.2, -0.15) is 0 Å². The van der Waals surface area contributed by atoms with Crippen LogP contribution in [0.15, 0.2) is 48.5 Å². The van der Waals surface area contributed by atoms with Crippen LogP contribution in [0.4, 0.5) is 5.69 Å². The van der Waals surface area contributed by atoms with Crippen molar-refractivity contribution in [2.75, 3.05) is 12.4 Å². The summed E-state index contributed by atoms with van der Waals surface area (Å²) in [4.78, 5) is 54.4. The molecule has 3 heterocycles. The maximum absolute atomic E-state index is 13.7. The Morgan fingerprint density at radius 1 is 1.09 bits per heavy atom. The summed E-state index contributed by atoms with van der Waals surface area (Å²) in [5, 5.41) is 14.9. The molecule has 3 aliphatic rings. The second-order valence-electron chi connectivity index (χ2n) is 8.21. The van der Waals surface area contributed by atoms with Gasteiger partial charge in [-0.25, -0.2) is 4.79 Å². The molecule has 3 amide bonds. The molecular formula is C23H21N3O6. The third-order valence-electron chi connectivity index (χ3n) is 6.56. The Balaban J connectivity index is 1.62. The van der Waals surface area contributed by atoms with Crippen molar-refractivity contribution in [3.05, 3.63) is 65.2 Å². The summed E-state index contributed by atoms with van der Waals surface area (Å²) in [6.07, 6.45) is -1.16. The lowest BCUT2D eigenvalue weighted by Gasteiger charge is -2.48. The summed E-state index contributed by atoms with van der Waals surface area (Å²) in [7, 11) is 1.21. The zero-order valence-electron chi connectivity index (χ0n) is 17.4. The van der Waals surface area contributed by atoms with Crippen LogP contribution in [0.2, 0.25) is 0 Å². The summed E-state index contributed by atoms with van der Waals surface area (Å²) >= 11 is 0. The van der Waals surface area contributed by atoms with E-state index in [1.54, 1.807) is 36.4 Å². The molecule has 32 heavy (non-hydrogen) atoms. The molecule has 0 unspecified atom stereocenters. The number of esters is 1. The number of likely N-dealkylation sites (tertiary alicyclic amines) is 1. The Hall–Kier alpha value is -3.72. The molecule has 164 valence electrons. The van der Waals surface area contributed by atoms with E-state index in [2.05, 4.69) is 5.32 Å². The van der Waals surface area contributed by atoms with Crippen molar-refractivity contribution in [1.82, 2.24) is 9.80 Å². The molecule has 0 radical (unpaired) electrons. The van der Waals surface area contributed by atoms with Gasteiger partial charge < -0.3 is 20.1 Å². The fourth-order valence-electron chi connectivity index (χ4n) is 4.99. The number of para-hydroxylation sites is 1. The van der Waals surface area contributed by atoms with E-state index in [9.17, 15) is 24.3 Å². The quantitative estimate of drug-likeness (QED) is 0.548. The summed E-state index contributed by atoms with van der Waals surface area (Å²) in [5.74, 6) is -2.50. The highest BCUT2D eigenvalue weighted by Crippen LogP contribution is 2.48. The van der Waals surface area contributed by atoms with E-state index in [0.29, 0.717) is 11.3 Å². The minimum absolute atomic E-state index is 0.198. The van der Waals surface area contributed by atoms with Gasteiger partial charge in [-0.05, 0) is 25.1 Å². The number of nitrogens with one attached hydrogen (secondary N) is 1. The molecule has 4 atom stereocenters. The Bertz CT molecular complexity index is 1140. The molecule has 2 aromatic carbocycles. The first-order valence-corrected chi connectivity index (χ1v) is 10.2. The average molecular weight is 435 g/mol. The van der Waals surface area contributed by atoms with Crippen LogP contribution in [0.25, 0.3) is 0 Å². The van der Waals surface area contributed by atoms with Crippen LogP contribution in [-0.4, -0.2) is 64.0 Å². The van der Waals surface area contributed by atoms with Crippen LogP contribution < -0.4 is 5.32 Å². The van der Waals surface area contributed by atoms with Gasteiger partial charge in [0, 0.05) is 17.7 Å². The van der Waals surface area contributed by atoms with Gasteiger partial charge in [0.1, 0.15) is 23.9 Å². The molecule has 9 heteroatoms. The van der Waals surface area contributed by atoms with E-state index in [-0.39, 0.29) is 17.5 Å². The van der Waals surface area contributed by atoms with Gasteiger partial charge in [0.25, 0.3) is 11.8 Å². The Kier molecular flexibility index (Phi) is 4.35. The highest BCUT2D eigenvalue weighted by Gasteiger charge is 2.61. The Labute approximate surface area is 183 Å². The molecule has 1 saturated heterocycles. The monoisotopic (exact) mass is 435 g/mol. The van der Waals surface area contributed by atoms with E-state index in [0.717, 1.165) is 4.90 Å². The van der Waals surface area contributed by atoms with Crippen LogP contribution >= 0.6 is 0 Å². The third kappa shape index (κ3) is 2.54. The summed E-state index contributed by atoms with van der Waals surface area (Å²) < 4.78 is 4.84. The smallest absolute Gasteiger partial charge is 0.328 e. The summed E-state index contributed by atoms with van der Waals surface area (Å²) in [6.45, 7) is 1.49. The van der Waals surface area contributed by atoms with E-state index in [4.69, 9.17) is 4.74 Å². The van der Waals surface area contributed by atoms with Gasteiger partial charge >= 0.3 is 5.97 Å². The molecule has 3 aliphatic heterocycles. The zero-order chi connectivity index (χ0) is 22.8. The summed E-state index contributed by atoms with van der Waals surface area (Å²) in [6, 6.07) is 11.0. The van der Waals surface area contributed by atoms with Gasteiger partial charge in [0.15, 0.2) is 0 Å². The number of fused-ring (bicyclic) bond motifs is 4. The first kappa shape index (κ1) is 20.2. The van der Waals surface area contributed by atoms with Crippen LogP contribution in [0.1, 0.15) is 39.6 Å². The number of aliphatic hydroxyl groups is 1. The average Bonchev–Trinajstić information content (AvgIpc) is 3.23. The molecule has 5 rings (SSSR count). The topological polar surface area (TPSA) is 116 Å². The van der Waals surface area contributed by atoms with Gasteiger partial charge in [-0.3, -0.25) is 19.3 Å². The van der Waals surface area contributed by atoms with Crippen molar-refractivity contribution < 1.29 is 29.0 Å². The van der Waals surface area contributed by atoms with E-state index >= 15 is 0 Å². The second kappa shape index (κ2) is 6.89. The van der Waals surface area contributed by atoms with Crippen molar-refractivity contribution in [3.63, 3.8) is 0 Å². The van der Waals surface area contributed by atoms with Gasteiger partial charge in [-0.15, -0.1) is 0 Å². The predicted octanol–water partition coefficient (Wildman–Crippen LogP) is 1.08. The molecule has 0 spiro atoms. The van der Waals surface area contributed by atoms with Gasteiger partial charge in [0.2, 0.25) is 5.91 Å². The molecule has 0 aromatic heterocycles. The fraction of sp³-hybridized carbons (Fsp3) is 0.304. The number of imide groups is 1. The number of ether oxygens (including phenoxy) is 1. The molecule has 1 fully saturated rings. The number of hydrogen-bond acceptors (Lipinski definition) is 7. The van der Waals surface area contributed by atoms with Crippen LogP contribution in [0, 0.1) is 0 Å². The number of rotatable bonds is 3. The molecule has 2 aromatic rings. The molecule has 0 bridgehead atoms. The molecule has 0 saturated carbocycles. The number of nitrogens with zero attached hydrogens (tertiary/aromatic N) is 2. The van der Waals surface area contributed by atoms with Crippen molar-refractivity contribution in [2.45, 2.75) is 37.2 Å². The predicted molar refractivity (Wildman–Crippen MR) is 111 cm³/mol.